The first-order chi connectivity index (χ1) is 13.1. The summed E-state index contributed by atoms with van der Waals surface area (Å²) in [6.07, 6.45) is 5.28. The first-order valence-electron chi connectivity index (χ1n) is 10.2. The molecule has 0 amide bonds. The molecule has 27 heavy (non-hydrogen) atoms. The molecule has 7 nitrogen and oxygen atoms in total. The number of fused-ring (bicyclic) bond motifs is 1. The van der Waals surface area contributed by atoms with Crippen molar-refractivity contribution < 1.29 is 28.8 Å². The molecule has 0 heterocycles. The molecular formula is C20H37NO6. The predicted molar refractivity (Wildman–Crippen MR) is 102 cm³/mol. The second kappa shape index (κ2) is 10.7. The fourth-order valence-electron chi connectivity index (χ4n) is 5.29. The first-order valence-corrected chi connectivity index (χ1v) is 10.2. The minimum atomic E-state index is -0.624. The van der Waals surface area contributed by atoms with Crippen LogP contribution in [-0.2, 0) is 23.7 Å². The minimum absolute atomic E-state index is 0.0529. The van der Waals surface area contributed by atoms with E-state index in [1.807, 2.05) is 0 Å². The Morgan fingerprint density at radius 1 is 0.926 bits per heavy atom. The number of nitrogens with two attached hydrogens (primary N) is 1. The van der Waals surface area contributed by atoms with E-state index >= 15 is 0 Å². The van der Waals surface area contributed by atoms with E-state index in [-0.39, 0.29) is 5.41 Å². The van der Waals surface area contributed by atoms with Gasteiger partial charge in [-0.2, -0.15) is 0 Å². The monoisotopic (exact) mass is 387 g/mol. The van der Waals surface area contributed by atoms with E-state index in [9.17, 15) is 9.90 Å². The van der Waals surface area contributed by atoms with Crippen LogP contribution in [0.4, 0.5) is 0 Å². The lowest BCUT2D eigenvalue weighted by Crippen LogP contribution is -2.33. The number of unbranched alkanes of at least 4 members (excludes halogenated alkanes) is 1. The molecule has 4 unspecified atom stereocenters. The van der Waals surface area contributed by atoms with Crippen molar-refractivity contribution in [1.82, 2.24) is 0 Å². The molecule has 2 aliphatic rings. The third kappa shape index (κ3) is 4.65. The van der Waals surface area contributed by atoms with Crippen LogP contribution in [0, 0.1) is 22.7 Å². The second-order valence-corrected chi connectivity index (χ2v) is 7.75. The first kappa shape index (κ1) is 22.6. The number of hydrogen-bond acceptors (Lipinski definition) is 6. The summed E-state index contributed by atoms with van der Waals surface area (Å²) in [6, 6.07) is 0. The third-order valence-corrected chi connectivity index (χ3v) is 6.51. The Hall–Kier alpha value is -0.730. The molecule has 0 aromatic carbocycles. The summed E-state index contributed by atoms with van der Waals surface area (Å²) in [5.41, 5.74) is 5.01. The van der Waals surface area contributed by atoms with E-state index < -0.39 is 11.4 Å². The van der Waals surface area contributed by atoms with Crippen LogP contribution in [0.5, 0.6) is 0 Å². The van der Waals surface area contributed by atoms with Gasteiger partial charge >= 0.3 is 5.97 Å². The maximum absolute atomic E-state index is 12.1. The molecule has 2 rings (SSSR count). The molecule has 0 spiro atoms. The molecule has 4 atom stereocenters. The molecular weight excluding hydrogens is 350 g/mol. The summed E-state index contributed by atoms with van der Waals surface area (Å²) in [4.78, 5) is 12.1. The summed E-state index contributed by atoms with van der Waals surface area (Å²) in [5.74, 6) is 0.139. The van der Waals surface area contributed by atoms with Gasteiger partial charge in [-0.1, -0.05) is 6.42 Å². The van der Waals surface area contributed by atoms with Gasteiger partial charge in [-0.05, 0) is 55.9 Å². The third-order valence-electron chi connectivity index (χ3n) is 6.51. The molecule has 2 saturated carbocycles. The van der Waals surface area contributed by atoms with Crippen LogP contribution < -0.4 is 5.73 Å². The van der Waals surface area contributed by atoms with Gasteiger partial charge < -0.3 is 29.8 Å². The Kier molecular flexibility index (Phi) is 8.95. The summed E-state index contributed by atoms with van der Waals surface area (Å²) in [7, 11) is 3.31. The molecule has 2 fully saturated rings. The Morgan fingerprint density at radius 3 is 2.19 bits per heavy atom. The fraction of sp³-hybridized carbons (Fsp3) is 0.950. The van der Waals surface area contributed by atoms with Crippen LogP contribution in [0.3, 0.4) is 0 Å². The lowest BCUT2D eigenvalue weighted by molar-refractivity contribution is -0.149. The SMILES string of the molecule is COCCOCCCC12C(CCOCCOC)C1C2(CCCCN)C(=O)O. The van der Waals surface area contributed by atoms with Crippen molar-refractivity contribution in [2.75, 3.05) is 60.4 Å². The van der Waals surface area contributed by atoms with E-state index in [1.165, 1.54) is 0 Å². The number of aliphatic carboxylic acids is 1. The van der Waals surface area contributed by atoms with E-state index in [4.69, 9.17) is 24.7 Å². The number of carbonyl (C=O) groups is 1. The van der Waals surface area contributed by atoms with Crippen molar-refractivity contribution >= 4 is 5.97 Å². The van der Waals surface area contributed by atoms with Gasteiger partial charge in [-0.25, -0.2) is 0 Å². The highest BCUT2D eigenvalue weighted by Crippen LogP contribution is 2.95. The maximum atomic E-state index is 12.1. The van der Waals surface area contributed by atoms with Gasteiger partial charge in [-0.15, -0.1) is 0 Å². The average Bonchev–Trinajstić information content (AvgIpc) is 3.49. The van der Waals surface area contributed by atoms with Crippen LogP contribution in [0.25, 0.3) is 0 Å². The lowest BCUT2D eigenvalue weighted by atomic mass is 9.75. The zero-order valence-corrected chi connectivity index (χ0v) is 16.9. The Balaban J connectivity index is 1.85. The zero-order chi connectivity index (χ0) is 19.8. The molecule has 0 aromatic rings. The summed E-state index contributed by atoms with van der Waals surface area (Å²) in [5, 5.41) is 9.97. The van der Waals surface area contributed by atoms with Crippen molar-refractivity contribution in [3.8, 4) is 0 Å². The molecule has 0 aliphatic heterocycles. The van der Waals surface area contributed by atoms with Crippen LogP contribution in [0.2, 0.25) is 0 Å². The van der Waals surface area contributed by atoms with Gasteiger partial charge in [0.05, 0.1) is 31.8 Å². The molecule has 2 aliphatic carbocycles. The van der Waals surface area contributed by atoms with Crippen molar-refractivity contribution in [2.24, 2.45) is 28.4 Å². The normalized spacial score (nSPS) is 30.9. The molecule has 0 aromatic heterocycles. The van der Waals surface area contributed by atoms with E-state index in [1.54, 1.807) is 14.2 Å². The van der Waals surface area contributed by atoms with Crippen molar-refractivity contribution in [3.63, 3.8) is 0 Å². The smallest absolute Gasteiger partial charge is 0.310 e. The van der Waals surface area contributed by atoms with Crippen LogP contribution >= 0.6 is 0 Å². The number of hydrogen-bond donors (Lipinski definition) is 2. The number of ether oxygens (including phenoxy) is 4. The van der Waals surface area contributed by atoms with Crippen molar-refractivity contribution in [2.45, 2.75) is 38.5 Å². The van der Waals surface area contributed by atoms with Crippen molar-refractivity contribution in [3.05, 3.63) is 0 Å². The van der Waals surface area contributed by atoms with Crippen LogP contribution in [-0.4, -0.2) is 71.5 Å². The molecule has 7 heteroatoms. The van der Waals surface area contributed by atoms with Gasteiger partial charge in [0.15, 0.2) is 0 Å². The van der Waals surface area contributed by atoms with Crippen LogP contribution in [0.15, 0.2) is 0 Å². The minimum Gasteiger partial charge on any atom is -0.481 e. The molecule has 0 radical (unpaired) electrons. The summed E-state index contributed by atoms with van der Waals surface area (Å²) < 4.78 is 21.2. The standard InChI is InChI=1S/C20H37NO6/c1-24-12-14-26-10-5-8-19-16(6-11-27-15-13-25-2)17(19)20(19,18(22)23)7-3-4-9-21/h16-17H,3-15,21H2,1-2H3,(H,22,23). The summed E-state index contributed by atoms with van der Waals surface area (Å²) >= 11 is 0. The number of methoxy groups -OCH3 is 2. The highest BCUT2D eigenvalue weighted by atomic mass is 16.5. The van der Waals surface area contributed by atoms with E-state index in [2.05, 4.69) is 0 Å². The maximum Gasteiger partial charge on any atom is 0.310 e. The molecule has 3 N–H and O–H groups in total. The number of rotatable bonds is 18. The zero-order valence-electron chi connectivity index (χ0n) is 16.9. The predicted octanol–water partition coefficient (Wildman–Crippen LogP) is 1.93. The van der Waals surface area contributed by atoms with E-state index in [0.717, 1.165) is 38.5 Å². The fourth-order valence-corrected chi connectivity index (χ4v) is 5.29. The molecule has 0 bridgehead atoms. The highest BCUT2D eigenvalue weighted by molar-refractivity contribution is 5.85. The lowest BCUT2D eigenvalue weighted by Gasteiger charge is -2.29. The molecule has 158 valence electrons. The number of carboxylic acids is 1. The van der Waals surface area contributed by atoms with Gasteiger partial charge in [0.25, 0.3) is 0 Å². The van der Waals surface area contributed by atoms with Crippen LogP contribution in [0.1, 0.15) is 38.5 Å². The quantitative estimate of drug-likeness (QED) is 0.347. The van der Waals surface area contributed by atoms with Gasteiger partial charge in [0, 0.05) is 27.4 Å². The highest BCUT2D eigenvalue weighted by Gasteiger charge is 2.95. The topological polar surface area (TPSA) is 100 Å². The largest absolute Gasteiger partial charge is 0.481 e. The Morgan fingerprint density at radius 2 is 1.59 bits per heavy atom. The average molecular weight is 388 g/mol. The second-order valence-electron chi connectivity index (χ2n) is 7.75. The van der Waals surface area contributed by atoms with Gasteiger partial charge in [-0.3, -0.25) is 4.79 Å². The van der Waals surface area contributed by atoms with Gasteiger partial charge in [0.2, 0.25) is 0 Å². The summed E-state index contributed by atoms with van der Waals surface area (Å²) in [6.45, 7) is 4.32. The Bertz CT molecular complexity index is 462. The van der Waals surface area contributed by atoms with E-state index in [0.29, 0.717) is 58.0 Å². The Labute approximate surface area is 162 Å². The number of carboxylic acid groups (broad SMARTS) is 1. The molecule has 0 saturated heterocycles. The van der Waals surface area contributed by atoms with Crippen molar-refractivity contribution in [1.29, 1.82) is 0 Å². The van der Waals surface area contributed by atoms with Gasteiger partial charge in [0.1, 0.15) is 0 Å².